The first kappa shape index (κ1) is 28.3. The number of rotatable bonds is 6. The van der Waals surface area contributed by atoms with Crippen LogP contribution in [0.2, 0.25) is 0 Å². The Bertz CT molecular complexity index is 1390. The van der Waals surface area contributed by atoms with Crippen molar-refractivity contribution < 1.29 is 45.7 Å². The fourth-order valence-electron chi connectivity index (χ4n) is 2.64. The van der Waals surface area contributed by atoms with Crippen LogP contribution in [0.4, 0.5) is 49.7 Å². The van der Waals surface area contributed by atoms with Crippen LogP contribution in [0.1, 0.15) is 0 Å². The van der Waals surface area contributed by atoms with E-state index in [0.717, 1.165) is 0 Å². The molecule has 0 aliphatic heterocycles. The molecule has 0 aliphatic rings. The lowest BCUT2D eigenvalue weighted by molar-refractivity contribution is -0.274. The summed E-state index contributed by atoms with van der Waals surface area (Å²) in [7, 11) is 0. The molecule has 0 saturated heterocycles. The topological polar surface area (TPSA) is 187 Å². The summed E-state index contributed by atoms with van der Waals surface area (Å²) < 4.78 is 77.9. The van der Waals surface area contributed by atoms with E-state index in [0.29, 0.717) is 28.8 Å². The highest BCUT2D eigenvalue weighted by molar-refractivity contribution is 5.73. The van der Waals surface area contributed by atoms with Gasteiger partial charge in [-0.3, -0.25) is 0 Å². The van der Waals surface area contributed by atoms with Gasteiger partial charge in [0, 0.05) is 17.3 Å². The number of aliphatic carboxylic acids is 1. The maximum Gasteiger partial charge on any atom is 0.573 e. The van der Waals surface area contributed by atoms with E-state index in [9.17, 15) is 26.3 Å². The molecule has 2 aromatic heterocycles. The summed E-state index contributed by atoms with van der Waals surface area (Å²) in [6.45, 7) is 0. The number of halogens is 6. The molecule has 0 fully saturated rings. The molecule has 4 rings (SSSR count). The zero-order valence-electron chi connectivity index (χ0n) is 19.1. The third kappa shape index (κ3) is 8.95. The summed E-state index contributed by atoms with van der Waals surface area (Å²) in [5, 5.41) is 18.1. The lowest BCUT2D eigenvalue weighted by Gasteiger charge is -2.09. The van der Waals surface area contributed by atoms with Crippen LogP contribution in [0.5, 0.6) is 17.4 Å². The maximum absolute atomic E-state index is 12.2. The van der Waals surface area contributed by atoms with Crippen LogP contribution in [0.25, 0.3) is 11.4 Å². The summed E-state index contributed by atoms with van der Waals surface area (Å²) in [6.07, 6.45) is -9.83. The van der Waals surface area contributed by atoms with Gasteiger partial charge in [-0.1, -0.05) is 0 Å². The average molecular weight is 558 g/mol. The second kappa shape index (κ2) is 11.4. The number of alkyl halides is 6. The number of benzene rings is 2. The number of hydrogen-bond acceptors (Lipinski definition) is 10. The quantitative estimate of drug-likeness (QED) is 0.210. The molecule has 0 atom stereocenters. The van der Waals surface area contributed by atoms with E-state index >= 15 is 0 Å². The molecule has 4 aromatic rings. The molecule has 39 heavy (non-hydrogen) atoms. The van der Waals surface area contributed by atoms with Gasteiger partial charge < -0.3 is 36.3 Å². The molecule has 2 aromatic carbocycles. The van der Waals surface area contributed by atoms with Gasteiger partial charge in [0.25, 0.3) is 0 Å². The molecule has 12 nitrogen and oxygen atoms in total. The Balaban J connectivity index is 0.000000532. The van der Waals surface area contributed by atoms with Crippen LogP contribution in [0, 0.1) is 0 Å². The summed E-state index contributed by atoms with van der Waals surface area (Å²) in [6, 6.07) is 13.5. The first-order valence-electron chi connectivity index (χ1n) is 10.2. The molecule has 7 N–H and O–H groups in total. The third-order valence-corrected chi connectivity index (χ3v) is 4.17. The fourth-order valence-corrected chi connectivity index (χ4v) is 2.64. The van der Waals surface area contributed by atoms with Crippen LogP contribution in [0.3, 0.4) is 0 Å². The largest absolute Gasteiger partial charge is 0.573 e. The highest BCUT2D eigenvalue weighted by atomic mass is 19.4. The number of hydrogen-bond donors (Lipinski definition) is 5. The average Bonchev–Trinajstić information content (AvgIpc) is 3.27. The van der Waals surface area contributed by atoms with Crippen LogP contribution in [0.15, 0.2) is 54.6 Å². The minimum absolute atomic E-state index is 0.000766. The number of carboxylic acid groups (broad SMARTS) is 1. The highest BCUT2D eigenvalue weighted by Gasteiger charge is 2.38. The van der Waals surface area contributed by atoms with Crippen LogP contribution in [-0.4, -0.2) is 48.8 Å². The molecule has 0 spiro atoms. The Morgan fingerprint density at radius 1 is 0.897 bits per heavy atom. The first-order chi connectivity index (χ1) is 18.2. The van der Waals surface area contributed by atoms with E-state index in [2.05, 4.69) is 35.2 Å². The number of ether oxygens (including phenoxy) is 2. The number of aromatic nitrogens is 5. The van der Waals surface area contributed by atoms with Gasteiger partial charge in [0.1, 0.15) is 17.3 Å². The van der Waals surface area contributed by atoms with Gasteiger partial charge in [-0.25, -0.2) is 4.79 Å². The number of aromatic amines is 1. The monoisotopic (exact) mass is 558 g/mol. The van der Waals surface area contributed by atoms with Gasteiger partial charge >= 0.3 is 18.5 Å². The lowest BCUT2D eigenvalue weighted by atomic mass is 10.2. The van der Waals surface area contributed by atoms with Crippen molar-refractivity contribution in [1.82, 2.24) is 25.1 Å². The molecule has 0 bridgehead atoms. The number of nitrogens with one attached hydrogen (secondary N) is 2. The van der Waals surface area contributed by atoms with Crippen molar-refractivity contribution in [1.29, 1.82) is 0 Å². The van der Waals surface area contributed by atoms with E-state index in [4.69, 9.17) is 26.1 Å². The van der Waals surface area contributed by atoms with Gasteiger partial charge in [0.05, 0.1) is 0 Å². The summed E-state index contributed by atoms with van der Waals surface area (Å²) in [4.78, 5) is 19.6. The summed E-state index contributed by atoms with van der Waals surface area (Å²) >= 11 is 0. The lowest BCUT2D eigenvalue weighted by Crippen LogP contribution is -2.21. The zero-order valence-corrected chi connectivity index (χ0v) is 19.1. The highest BCUT2D eigenvalue weighted by Crippen LogP contribution is 2.27. The standard InChI is InChI=1S/C19H15F3N8O2.C2HF3O2/c20-19(21,22)32-13-7-3-11(4-8-13)25-18-28-16(29-30-18)10-1-5-12(6-2-10)31-15-9-14(23)26-17(24)27-15;3-2(4,5)1(6)7/h1-9H,(H4,23,24,26,27)(H2,25,28,29,30);(H,6,7). The number of nitrogens with two attached hydrogens (primary N) is 2. The SMILES string of the molecule is Nc1cc(Oc2ccc(-c3nnc(Nc4ccc(OC(F)(F)F)cc4)[nH]3)cc2)nc(N)n1.O=C(O)C(F)(F)F. The van der Waals surface area contributed by atoms with E-state index in [-0.39, 0.29) is 23.4 Å². The second-order valence-electron chi connectivity index (χ2n) is 7.14. The molecule has 0 amide bonds. The zero-order chi connectivity index (χ0) is 28.8. The summed E-state index contributed by atoms with van der Waals surface area (Å²) in [5.41, 5.74) is 12.4. The van der Waals surface area contributed by atoms with Gasteiger partial charge in [0.15, 0.2) is 5.82 Å². The van der Waals surface area contributed by atoms with Crippen molar-refractivity contribution in [2.75, 3.05) is 16.8 Å². The Labute approximate surface area is 213 Å². The van der Waals surface area contributed by atoms with E-state index in [1.165, 1.54) is 30.3 Å². The maximum atomic E-state index is 12.2. The Hall–Kier alpha value is -5.29. The fraction of sp³-hybridized carbons (Fsp3) is 0.0952. The van der Waals surface area contributed by atoms with Crippen molar-refractivity contribution >= 4 is 29.4 Å². The molecule has 0 aliphatic carbocycles. The predicted molar refractivity (Wildman–Crippen MR) is 123 cm³/mol. The molecule has 206 valence electrons. The molecular weight excluding hydrogens is 542 g/mol. The smallest absolute Gasteiger partial charge is 0.475 e. The predicted octanol–water partition coefficient (Wildman–Crippen LogP) is 4.49. The molecule has 0 radical (unpaired) electrons. The normalized spacial score (nSPS) is 11.2. The third-order valence-electron chi connectivity index (χ3n) is 4.17. The summed E-state index contributed by atoms with van der Waals surface area (Å²) in [5.74, 6) is -1.42. The Morgan fingerprint density at radius 2 is 1.49 bits per heavy atom. The van der Waals surface area contributed by atoms with Crippen molar-refractivity contribution in [3.63, 3.8) is 0 Å². The van der Waals surface area contributed by atoms with Gasteiger partial charge in [-0.2, -0.15) is 23.1 Å². The number of carboxylic acids is 1. The number of nitrogens with zero attached hydrogens (tertiary/aromatic N) is 4. The number of nitrogen functional groups attached to an aromatic ring is 2. The van der Waals surface area contributed by atoms with Crippen molar-refractivity contribution in [3.8, 4) is 28.8 Å². The van der Waals surface area contributed by atoms with E-state index in [1.807, 2.05) is 0 Å². The van der Waals surface area contributed by atoms with Gasteiger partial charge in [-0.15, -0.1) is 23.4 Å². The number of anilines is 4. The Kier molecular flexibility index (Phi) is 8.27. The minimum atomic E-state index is -5.08. The van der Waals surface area contributed by atoms with Crippen LogP contribution in [-0.2, 0) is 4.79 Å². The van der Waals surface area contributed by atoms with Crippen LogP contribution >= 0.6 is 0 Å². The second-order valence-corrected chi connectivity index (χ2v) is 7.14. The molecule has 0 saturated carbocycles. The number of carbonyl (C=O) groups is 1. The van der Waals surface area contributed by atoms with E-state index in [1.54, 1.807) is 24.3 Å². The molecule has 18 heteroatoms. The van der Waals surface area contributed by atoms with Gasteiger partial charge in [0.2, 0.25) is 17.8 Å². The minimum Gasteiger partial charge on any atom is -0.475 e. The van der Waals surface area contributed by atoms with Crippen molar-refractivity contribution in [3.05, 3.63) is 54.6 Å². The van der Waals surface area contributed by atoms with E-state index < -0.39 is 18.5 Å². The molecular formula is C21H16F6N8O4. The van der Waals surface area contributed by atoms with Crippen molar-refractivity contribution in [2.45, 2.75) is 12.5 Å². The molecule has 0 unspecified atom stereocenters. The molecule has 2 heterocycles. The number of H-pyrrole nitrogens is 1. The van der Waals surface area contributed by atoms with Crippen molar-refractivity contribution in [2.24, 2.45) is 0 Å². The Morgan fingerprint density at radius 3 is 2.03 bits per heavy atom. The first-order valence-corrected chi connectivity index (χ1v) is 10.2. The van der Waals surface area contributed by atoms with Gasteiger partial charge in [-0.05, 0) is 48.5 Å². The van der Waals surface area contributed by atoms with Crippen LogP contribution < -0.4 is 26.3 Å².